The van der Waals surface area contributed by atoms with Crippen molar-refractivity contribution in [1.82, 2.24) is 5.43 Å². The molecule has 0 aliphatic heterocycles. The minimum Gasteiger partial charge on any atom is -0.460 e. The summed E-state index contributed by atoms with van der Waals surface area (Å²) in [6.45, 7) is 1.96. The fourth-order valence-corrected chi connectivity index (χ4v) is 1.73. The van der Waals surface area contributed by atoms with E-state index in [1.165, 1.54) is 6.21 Å². The van der Waals surface area contributed by atoms with Crippen LogP contribution in [0.4, 0.5) is 0 Å². The van der Waals surface area contributed by atoms with Crippen LogP contribution in [0.5, 0.6) is 0 Å². The van der Waals surface area contributed by atoms with Crippen LogP contribution < -0.4 is 11.2 Å². The average Bonchev–Trinajstić information content (AvgIpc) is 2.76. The van der Waals surface area contributed by atoms with Crippen molar-refractivity contribution in [2.45, 2.75) is 13.3 Å². The Balaban J connectivity index is 2.31. The van der Waals surface area contributed by atoms with E-state index in [2.05, 4.69) is 10.5 Å². The lowest BCUT2D eigenvalue weighted by atomic mass is 10.1. The molecule has 0 saturated heterocycles. The Kier molecular flexibility index (Phi) is 3.61. The van der Waals surface area contributed by atoms with Gasteiger partial charge in [-0.05, 0) is 6.07 Å². The molecule has 0 aliphatic carbocycles. The van der Waals surface area contributed by atoms with E-state index in [-0.39, 0.29) is 0 Å². The number of amides is 2. The molecule has 0 bridgehead atoms. The topological polar surface area (TPSA) is 97.7 Å². The van der Waals surface area contributed by atoms with Crippen molar-refractivity contribution in [3.63, 3.8) is 0 Å². The average molecular weight is 259 g/mol. The zero-order chi connectivity index (χ0) is 13.8. The number of para-hydroxylation sites is 1. The number of carbonyl (C=O) groups is 2. The molecule has 0 unspecified atom stereocenters. The SMILES string of the molecule is CCc1oc2ccccc2c1/C=N\NC(=O)C(N)=O. The minimum absolute atomic E-state index is 0.694. The molecule has 0 atom stereocenters. The molecule has 98 valence electrons. The van der Waals surface area contributed by atoms with E-state index in [1.54, 1.807) is 0 Å². The zero-order valence-corrected chi connectivity index (χ0v) is 10.3. The third kappa shape index (κ3) is 2.62. The van der Waals surface area contributed by atoms with Gasteiger partial charge in [-0.25, -0.2) is 5.43 Å². The maximum atomic E-state index is 11.0. The molecule has 6 heteroatoms. The van der Waals surface area contributed by atoms with Gasteiger partial charge in [0.25, 0.3) is 0 Å². The van der Waals surface area contributed by atoms with Crippen molar-refractivity contribution in [1.29, 1.82) is 0 Å². The summed E-state index contributed by atoms with van der Waals surface area (Å²) in [5, 5.41) is 4.61. The molecule has 0 saturated carbocycles. The number of nitrogens with zero attached hydrogens (tertiary/aromatic N) is 1. The van der Waals surface area contributed by atoms with Crippen LogP contribution in [0.15, 0.2) is 33.8 Å². The van der Waals surface area contributed by atoms with E-state index in [4.69, 9.17) is 10.2 Å². The first kappa shape index (κ1) is 12.8. The highest BCUT2D eigenvalue weighted by Gasteiger charge is 2.11. The molecule has 1 aromatic heterocycles. The molecule has 19 heavy (non-hydrogen) atoms. The van der Waals surface area contributed by atoms with Crippen LogP contribution in [-0.2, 0) is 16.0 Å². The van der Waals surface area contributed by atoms with Gasteiger partial charge in [-0.15, -0.1) is 0 Å². The van der Waals surface area contributed by atoms with Gasteiger partial charge in [0.2, 0.25) is 0 Å². The van der Waals surface area contributed by atoms with Crippen LogP contribution >= 0.6 is 0 Å². The first-order valence-corrected chi connectivity index (χ1v) is 5.76. The Morgan fingerprint density at radius 2 is 2.16 bits per heavy atom. The Morgan fingerprint density at radius 3 is 2.84 bits per heavy atom. The Bertz CT molecular complexity index is 658. The molecular weight excluding hydrogens is 246 g/mol. The number of furan rings is 1. The number of nitrogens with one attached hydrogen (secondary N) is 1. The molecule has 3 N–H and O–H groups in total. The minimum atomic E-state index is -1.08. The van der Waals surface area contributed by atoms with Gasteiger partial charge >= 0.3 is 11.8 Å². The summed E-state index contributed by atoms with van der Waals surface area (Å²) in [5.41, 5.74) is 8.38. The fourth-order valence-electron chi connectivity index (χ4n) is 1.73. The number of nitrogens with two attached hydrogens (primary N) is 1. The van der Waals surface area contributed by atoms with Gasteiger partial charge in [-0.3, -0.25) is 9.59 Å². The summed E-state index contributed by atoms with van der Waals surface area (Å²) in [4.78, 5) is 21.5. The lowest BCUT2D eigenvalue weighted by Gasteiger charge is -1.95. The molecule has 0 aliphatic rings. The third-order valence-electron chi connectivity index (χ3n) is 2.62. The molecule has 1 aromatic carbocycles. The Morgan fingerprint density at radius 1 is 1.42 bits per heavy atom. The Hall–Kier alpha value is -2.63. The first-order valence-electron chi connectivity index (χ1n) is 5.76. The molecule has 2 rings (SSSR count). The monoisotopic (exact) mass is 259 g/mol. The van der Waals surface area contributed by atoms with Gasteiger partial charge in [0.15, 0.2) is 0 Å². The van der Waals surface area contributed by atoms with E-state index in [0.29, 0.717) is 6.42 Å². The molecule has 0 fully saturated rings. The molecule has 2 aromatic rings. The second kappa shape index (κ2) is 5.34. The maximum Gasteiger partial charge on any atom is 0.329 e. The summed E-state index contributed by atoms with van der Waals surface area (Å²) in [7, 11) is 0. The predicted octanol–water partition coefficient (Wildman–Crippen LogP) is 0.931. The van der Waals surface area contributed by atoms with Crippen molar-refractivity contribution < 1.29 is 14.0 Å². The first-order chi connectivity index (χ1) is 9.13. The molecule has 0 spiro atoms. The number of benzene rings is 1. The van der Waals surface area contributed by atoms with Crippen LogP contribution in [0.2, 0.25) is 0 Å². The quantitative estimate of drug-likeness (QED) is 0.487. The number of hydrogen-bond acceptors (Lipinski definition) is 4. The van der Waals surface area contributed by atoms with Gasteiger partial charge in [-0.1, -0.05) is 25.1 Å². The lowest BCUT2D eigenvalue weighted by molar-refractivity contribution is -0.137. The molecule has 0 radical (unpaired) electrons. The van der Waals surface area contributed by atoms with Crippen LogP contribution in [0.3, 0.4) is 0 Å². The van der Waals surface area contributed by atoms with Gasteiger partial charge < -0.3 is 10.2 Å². The normalized spacial score (nSPS) is 11.0. The fraction of sp³-hybridized carbons (Fsp3) is 0.154. The summed E-state index contributed by atoms with van der Waals surface area (Å²) in [5.74, 6) is -1.27. The number of rotatable bonds is 3. The van der Waals surface area contributed by atoms with Crippen LogP contribution in [-0.4, -0.2) is 18.0 Å². The summed E-state index contributed by atoms with van der Waals surface area (Å²) < 4.78 is 5.66. The van der Waals surface area contributed by atoms with E-state index in [1.807, 2.05) is 31.2 Å². The van der Waals surface area contributed by atoms with E-state index in [9.17, 15) is 9.59 Å². The van der Waals surface area contributed by atoms with Crippen molar-refractivity contribution in [3.05, 3.63) is 35.6 Å². The van der Waals surface area contributed by atoms with E-state index >= 15 is 0 Å². The zero-order valence-electron chi connectivity index (χ0n) is 10.3. The number of carbonyl (C=O) groups excluding carboxylic acids is 2. The number of primary amides is 1. The molecule has 2 amide bonds. The number of hydrazone groups is 1. The van der Waals surface area contributed by atoms with Crippen molar-refractivity contribution >= 4 is 29.0 Å². The third-order valence-corrected chi connectivity index (χ3v) is 2.62. The van der Waals surface area contributed by atoms with Gasteiger partial charge in [0.1, 0.15) is 11.3 Å². The molecule has 1 heterocycles. The number of fused-ring (bicyclic) bond motifs is 1. The Labute approximate surface area is 109 Å². The van der Waals surface area contributed by atoms with Gasteiger partial charge in [0.05, 0.1) is 6.21 Å². The van der Waals surface area contributed by atoms with E-state index < -0.39 is 11.8 Å². The lowest BCUT2D eigenvalue weighted by Crippen LogP contribution is -2.32. The largest absolute Gasteiger partial charge is 0.460 e. The van der Waals surface area contributed by atoms with Gasteiger partial charge in [0, 0.05) is 17.4 Å². The summed E-state index contributed by atoms with van der Waals surface area (Å²) in [6, 6.07) is 7.51. The van der Waals surface area contributed by atoms with Gasteiger partial charge in [-0.2, -0.15) is 5.10 Å². The van der Waals surface area contributed by atoms with Crippen LogP contribution in [0, 0.1) is 0 Å². The number of aryl methyl sites for hydroxylation is 1. The van der Waals surface area contributed by atoms with E-state index in [0.717, 1.165) is 22.3 Å². The van der Waals surface area contributed by atoms with Crippen molar-refractivity contribution in [2.24, 2.45) is 10.8 Å². The highest BCUT2D eigenvalue weighted by atomic mass is 16.3. The molecular formula is C13H13N3O3. The smallest absolute Gasteiger partial charge is 0.329 e. The van der Waals surface area contributed by atoms with Crippen LogP contribution in [0.25, 0.3) is 11.0 Å². The summed E-state index contributed by atoms with van der Waals surface area (Å²) >= 11 is 0. The second-order valence-corrected chi connectivity index (χ2v) is 3.85. The summed E-state index contributed by atoms with van der Waals surface area (Å²) in [6.07, 6.45) is 2.14. The highest BCUT2D eigenvalue weighted by molar-refractivity contribution is 6.34. The number of hydrogen-bond donors (Lipinski definition) is 2. The second-order valence-electron chi connectivity index (χ2n) is 3.85. The maximum absolute atomic E-state index is 11.0. The van der Waals surface area contributed by atoms with Crippen LogP contribution in [0.1, 0.15) is 18.2 Å². The predicted molar refractivity (Wildman–Crippen MR) is 70.5 cm³/mol. The van der Waals surface area contributed by atoms with Crippen molar-refractivity contribution in [2.75, 3.05) is 0 Å². The standard InChI is InChI=1S/C13H13N3O3/c1-2-10-9(7-15-16-13(18)12(14)17)8-5-3-4-6-11(8)19-10/h3-7H,2H2,1H3,(H2,14,17)(H,16,18)/b15-7-. The highest BCUT2D eigenvalue weighted by Crippen LogP contribution is 2.24. The van der Waals surface area contributed by atoms with Crippen molar-refractivity contribution in [3.8, 4) is 0 Å². The molecule has 6 nitrogen and oxygen atoms in total.